The molecule has 0 aromatic rings. The van der Waals surface area contributed by atoms with Crippen molar-refractivity contribution in [2.24, 2.45) is 5.41 Å². The fourth-order valence-electron chi connectivity index (χ4n) is 1.68. The van der Waals surface area contributed by atoms with Crippen molar-refractivity contribution in [1.82, 2.24) is 5.73 Å². The van der Waals surface area contributed by atoms with Crippen LogP contribution in [0.4, 0.5) is 0 Å². The van der Waals surface area contributed by atoms with Gasteiger partial charge in [0.15, 0.2) is 11.6 Å². The van der Waals surface area contributed by atoms with Crippen molar-refractivity contribution >= 4 is 11.6 Å². The minimum absolute atomic E-state index is 0.102. The average molecular weight is 180 g/mol. The molecule has 71 valence electrons. The van der Waals surface area contributed by atoms with Crippen LogP contribution in [0.15, 0.2) is 11.3 Å². The highest BCUT2D eigenvalue weighted by Crippen LogP contribution is 2.34. The highest BCUT2D eigenvalue weighted by molar-refractivity contribution is 6.22. The molecule has 0 aliphatic heterocycles. The summed E-state index contributed by atoms with van der Waals surface area (Å²) in [5.41, 5.74) is 7.28. The monoisotopic (exact) mass is 180 g/mol. The smallest absolute Gasteiger partial charge is 0.168 e. The Bertz CT molecular complexity index is 274. The molecule has 1 fully saturated rings. The highest BCUT2D eigenvalue weighted by Gasteiger charge is 2.36. The maximum Gasteiger partial charge on any atom is 0.168 e. The van der Waals surface area contributed by atoms with Crippen molar-refractivity contribution in [2.75, 3.05) is 0 Å². The second-order valence-electron chi connectivity index (χ2n) is 4.36. The van der Waals surface area contributed by atoms with Gasteiger partial charge in [-0.25, -0.2) is 0 Å². The fraction of sp³-hybridized carbons (Fsp3) is 0.600. The molecule has 0 atom stereocenters. The first kappa shape index (κ1) is 9.96. The van der Waals surface area contributed by atoms with E-state index in [0.29, 0.717) is 12.8 Å². The number of carbonyl (C=O) groups is 2. The molecule has 1 aliphatic rings. The highest BCUT2D eigenvalue weighted by atomic mass is 16.2. The van der Waals surface area contributed by atoms with Crippen LogP contribution in [0.2, 0.25) is 0 Å². The molecule has 1 rings (SSSR count). The zero-order chi connectivity index (χ0) is 10.2. The number of carbonyl (C=O) groups excluding carboxylic acids is 2. The van der Waals surface area contributed by atoms with E-state index in [-0.39, 0.29) is 28.3 Å². The molecule has 1 radical (unpaired) electrons. The number of Topliss-reactive ketones (excluding diaryl/α,β-unsaturated/α-hetero) is 2. The van der Waals surface area contributed by atoms with Gasteiger partial charge < -0.3 is 5.73 Å². The van der Waals surface area contributed by atoms with E-state index in [9.17, 15) is 9.59 Å². The predicted molar refractivity (Wildman–Crippen MR) is 48.8 cm³/mol. The minimum Gasteiger partial charge on any atom is -0.305 e. The van der Waals surface area contributed by atoms with Crippen LogP contribution in [0.3, 0.4) is 0 Å². The van der Waals surface area contributed by atoms with Crippen LogP contribution < -0.4 is 5.73 Å². The Hall–Kier alpha value is -1.12. The number of hydrogen-bond acceptors (Lipinski definition) is 2. The van der Waals surface area contributed by atoms with Crippen LogP contribution in [0, 0.1) is 5.41 Å². The Morgan fingerprint density at radius 1 is 1.23 bits per heavy atom. The Balaban J connectivity index is 3.04. The van der Waals surface area contributed by atoms with Gasteiger partial charge in [0.25, 0.3) is 0 Å². The number of hydrogen-bond donors (Lipinski definition) is 0. The van der Waals surface area contributed by atoms with Crippen molar-refractivity contribution in [3.05, 3.63) is 11.3 Å². The molecule has 1 aliphatic carbocycles. The molecule has 1 saturated carbocycles. The van der Waals surface area contributed by atoms with Crippen LogP contribution >= 0.6 is 0 Å². The number of allylic oxidation sites excluding steroid dienone is 2. The normalized spacial score (nSPS) is 21.9. The molecule has 0 unspecified atom stereocenters. The third-order valence-corrected chi connectivity index (χ3v) is 2.21. The first-order valence-corrected chi connectivity index (χ1v) is 4.32. The maximum atomic E-state index is 11.5. The zero-order valence-corrected chi connectivity index (χ0v) is 8.23. The summed E-state index contributed by atoms with van der Waals surface area (Å²) in [7, 11) is 0. The van der Waals surface area contributed by atoms with Crippen molar-refractivity contribution in [2.45, 2.75) is 33.6 Å². The second kappa shape index (κ2) is 2.98. The summed E-state index contributed by atoms with van der Waals surface area (Å²) >= 11 is 0. The third kappa shape index (κ3) is 1.97. The van der Waals surface area contributed by atoms with Gasteiger partial charge in [0.05, 0.1) is 5.57 Å². The molecule has 0 saturated heterocycles. The summed E-state index contributed by atoms with van der Waals surface area (Å²) in [4.78, 5) is 22.9. The lowest BCUT2D eigenvalue weighted by Gasteiger charge is -2.28. The predicted octanol–water partition coefficient (Wildman–Crippen LogP) is 1.50. The quantitative estimate of drug-likeness (QED) is 0.419. The van der Waals surface area contributed by atoms with Gasteiger partial charge in [-0.2, -0.15) is 0 Å². The van der Waals surface area contributed by atoms with E-state index in [1.165, 1.54) is 6.92 Å². The van der Waals surface area contributed by atoms with Crippen LogP contribution in [-0.4, -0.2) is 11.6 Å². The SMILES string of the molecule is CC([NH])=C1C(=O)CC(C)(C)CC1=O. The lowest BCUT2D eigenvalue weighted by molar-refractivity contribution is -0.127. The Morgan fingerprint density at radius 2 is 1.62 bits per heavy atom. The minimum atomic E-state index is -0.229. The Kier molecular flexibility index (Phi) is 2.28. The largest absolute Gasteiger partial charge is 0.305 e. The summed E-state index contributed by atoms with van der Waals surface area (Å²) in [5.74, 6) is -0.345. The average Bonchev–Trinajstić information content (AvgIpc) is 1.78. The molecule has 3 heteroatoms. The van der Waals surface area contributed by atoms with Crippen molar-refractivity contribution in [1.29, 1.82) is 0 Å². The van der Waals surface area contributed by atoms with E-state index in [1.54, 1.807) is 0 Å². The summed E-state index contributed by atoms with van der Waals surface area (Å²) in [5, 5.41) is 0. The maximum absolute atomic E-state index is 11.5. The molecule has 0 amide bonds. The van der Waals surface area contributed by atoms with E-state index in [1.807, 2.05) is 13.8 Å². The zero-order valence-electron chi connectivity index (χ0n) is 8.23. The van der Waals surface area contributed by atoms with Gasteiger partial charge in [-0.3, -0.25) is 9.59 Å². The standard InChI is InChI=1S/C10H14NO2/c1-6(11)9-7(12)4-10(2,3)5-8(9)13/h11H,4-5H2,1-3H3. The van der Waals surface area contributed by atoms with Gasteiger partial charge in [-0.15, -0.1) is 0 Å². The molecule has 1 N–H and O–H groups in total. The summed E-state index contributed by atoms with van der Waals surface area (Å²) in [6, 6.07) is 0. The molecule has 0 heterocycles. The molecule has 3 nitrogen and oxygen atoms in total. The lowest BCUT2D eigenvalue weighted by atomic mass is 9.74. The molecular weight excluding hydrogens is 166 g/mol. The van der Waals surface area contributed by atoms with E-state index in [0.717, 1.165) is 0 Å². The first-order valence-electron chi connectivity index (χ1n) is 4.32. The van der Waals surface area contributed by atoms with Gasteiger partial charge in [0.1, 0.15) is 0 Å². The van der Waals surface area contributed by atoms with Gasteiger partial charge in [-0.1, -0.05) is 13.8 Å². The molecule has 0 spiro atoms. The number of nitrogens with one attached hydrogen (secondary N) is 1. The Labute approximate surface area is 78.0 Å². The lowest BCUT2D eigenvalue weighted by Crippen LogP contribution is -2.32. The second-order valence-corrected chi connectivity index (χ2v) is 4.36. The van der Waals surface area contributed by atoms with Crippen molar-refractivity contribution in [3.8, 4) is 0 Å². The van der Waals surface area contributed by atoms with Crippen LogP contribution in [0.5, 0.6) is 0 Å². The van der Waals surface area contributed by atoms with Crippen molar-refractivity contribution in [3.63, 3.8) is 0 Å². The van der Waals surface area contributed by atoms with Crippen LogP contribution in [0.1, 0.15) is 33.6 Å². The molecular formula is C10H14NO2. The Morgan fingerprint density at radius 3 is 1.92 bits per heavy atom. The van der Waals surface area contributed by atoms with E-state index < -0.39 is 0 Å². The fourth-order valence-corrected chi connectivity index (χ4v) is 1.68. The summed E-state index contributed by atoms with van der Waals surface area (Å²) in [6.07, 6.45) is 0.759. The summed E-state index contributed by atoms with van der Waals surface area (Å²) in [6.45, 7) is 5.29. The van der Waals surface area contributed by atoms with E-state index in [4.69, 9.17) is 5.73 Å². The van der Waals surface area contributed by atoms with E-state index in [2.05, 4.69) is 0 Å². The van der Waals surface area contributed by atoms with Crippen molar-refractivity contribution < 1.29 is 9.59 Å². The van der Waals surface area contributed by atoms with Crippen LogP contribution in [-0.2, 0) is 9.59 Å². The number of ketones is 2. The molecule has 0 aromatic carbocycles. The molecule has 0 bridgehead atoms. The van der Waals surface area contributed by atoms with Gasteiger partial charge in [0, 0.05) is 18.5 Å². The third-order valence-electron chi connectivity index (χ3n) is 2.21. The first-order chi connectivity index (χ1) is 5.83. The molecule has 13 heavy (non-hydrogen) atoms. The van der Waals surface area contributed by atoms with E-state index >= 15 is 0 Å². The van der Waals surface area contributed by atoms with Gasteiger partial charge >= 0.3 is 0 Å². The van der Waals surface area contributed by atoms with Crippen LogP contribution in [0.25, 0.3) is 0 Å². The van der Waals surface area contributed by atoms with Gasteiger partial charge in [0.2, 0.25) is 0 Å². The topological polar surface area (TPSA) is 57.9 Å². The molecule has 0 aromatic heterocycles. The number of rotatable bonds is 0. The summed E-state index contributed by atoms with van der Waals surface area (Å²) < 4.78 is 0. The van der Waals surface area contributed by atoms with Gasteiger partial charge in [-0.05, 0) is 12.3 Å².